The van der Waals surface area contributed by atoms with E-state index in [4.69, 9.17) is 16.3 Å². The molecule has 2 aromatic carbocycles. The van der Waals surface area contributed by atoms with Gasteiger partial charge in [-0.1, -0.05) is 48.9 Å². The monoisotopic (exact) mass is 401 g/mol. The molecule has 0 saturated heterocycles. The van der Waals surface area contributed by atoms with Gasteiger partial charge in [0.05, 0.1) is 18.8 Å². The van der Waals surface area contributed by atoms with Gasteiger partial charge in [0.2, 0.25) is 5.91 Å². The quantitative estimate of drug-likeness (QED) is 0.748. The van der Waals surface area contributed by atoms with Crippen molar-refractivity contribution >= 4 is 29.1 Å². The minimum atomic E-state index is -0.655. The molecule has 2 N–H and O–H groups in total. The number of hydrogen-bond acceptors (Lipinski definition) is 4. The van der Waals surface area contributed by atoms with Crippen LogP contribution in [0.5, 0.6) is 5.75 Å². The number of carbonyl (C=O) groups is 2. The second-order valence-corrected chi connectivity index (χ2v) is 7.02. The fourth-order valence-electron chi connectivity index (χ4n) is 3.02. The molecular weight excluding hydrogens is 378 g/mol. The number of para-hydroxylation sites is 2. The van der Waals surface area contributed by atoms with E-state index in [1.807, 2.05) is 54.3 Å². The molecule has 0 saturated carbocycles. The number of ether oxygens (including phenoxy) is 1. The Morgan fingerprint density at radius 2 is 1.89 bits per heavy atom. The first-order valence-electron chi connectivity index (χ1n) is 9.37. The number of amides is 2. The van der Waals surface area contributed by atoms with Crippen LogP contribution in [0, 0.1) is 0 Å². The number of nitrogens with zero attached hydrogens (tertiary/aromatic N) is 1. The Morgan fingerprint density at radius 1 is 1.14 bits per heavy atom. The van der Waals surface area contributed by atoms with E-state index in [1.54, 1.807) is 6.07 Å². The zero-order valence-corrected chi connectivity index (χ0v) is 16.5. The topological polar surface area (TPSA) is 70.7 Å². The van der Waals surface area contributed by atoms with Gasteiger partial charge in [-0.25, -0.2) is 0 Å². The first-order valence-corrected chi connectivity index (χ1v) is 9.74. The lowest BCUT2D eigenvalue weighted by atomic mass is 10.1. The Morgan fingerprint density at radius 3 is 2.68 bits per heavy atom. The van der Waals surface area contributed by atoms with Gasteiger partial charge in [0.1, 0.15) is 5.75 Å². The molecular formula is C21H24ClN3O3. The van der Waals surface area contributed by atoms with Gasteiger partial charge in [-0.2, -0.15) is 0 Å². The van der Waals surface area contributed by atoms with E-state index in [-0.39, 0.29) is 18.4 Å². The molecule has 0 fully saturated rings. The highest BCUT2D eigenvalue weighted by Crippen LogP contribution is 2.32. The summed E-state index contributed by atoms with van der Waals surface area (Å²) in [7, 11) is 0. The fourth-order valence-corrected chi connectivity index (χ4v) is 3.22. The fraction of sp³-hybridized carbons (Fsp3) is 0.333. The number of fused-ring (bicyclic) bond motifs is 1. The average molecular weight is 402 g/mol. The van der Waals surface area contributed by atoms with Gasteiger partial charge in [-0.15, -0.1) is 0 Å². The zero-order valence-electron chi connectivity index (χ0n) is 15.8. The van der Waals surface area contributed by atoms with Gasteiger partial charge >= 0.3 is 0 Å². The number of nitrogens with one attached hydrogen (secondary N) is 2. The molecule has 1 atom stereocenters. The lowest BCUT2D eigenvalue weighted by Gasteiger charge is -2.35. The molecule has 0 aliphatic carbocycles. The summed E-state index contributed by atoms with van der Waals surface area (Å²) in [6.45, 7) is 3.38. The van der Waals surface area contributed by atoms with Gasteiger partial charge < -0.3 is 20.3 Å². The Kier molecular flexibility index (Phi) is 6.76. The largest absolute Gasteiger partial charge is 0.477 e. The van der Waals surface area contributed by atoms with E-state index in [2.05, 4.69) is 10.6 Å². The SMILES string of the molecule is CCCNC(=O)[C@H]1CN(CC(=O)NCc2ccccc2Cl)c2ccccc2O1. The summed E-state index contributed by atoms with van der Waals surface area (Å²) in [4.78, 5) is 26.8. The van der Waals surface area contributed by atoms with E-state index in [9.17, 15) is 9.59 Å². The van der Waals surface area contributed by atoms with Crippen molar-refractivity contribution < 1.29 is 14.3 Å². The predicted octanol–water partition coefficient (Wildman–Crippen LogP) is 2.75. The van der Waals surface area contributed by atoms with Crippen molar-refractivity contribution in [1.82, 2.24) is 10.6 Å². The molecule has 7 heteroatoms. The predicted molar refractivity (Wildman–Crippen MR) is 110 cm³/mol. The van der Waals surface area contributed by atoms with Crippen LogP contribution in [0.25, 0.3) is 0 Å². The molecule has 0 aromatic heterocycles. The van der Waals surface area contributed by atoms with Gasteiger partial charge in [-0.05, 0) is 30.2 Å². The van der Waals surface area contributed by atoms with Crippen molar-refractivity contribution in [3.05, 3.63) is 59.1 Å². The second-order valence-electron chi connectivity index (χ2n) is 6.61. The maximum Gasteiger partial charge on any atom is 0.262 e. The molecule has 6 nitrogen and oxygen atoms in total. The Bertz CT molecular complexity index is 843. The first kappa shape index (κ1) is 20.0. The van der Waals surface area contributed by atoms with Crippen LogP contribution in [0.2, 0.25) is 5.02 Å². The molecule has 1 aliphatic heterocycles. The van der Waals surface area contributed by atoms with E-state index >= 15 is 0 Å². The number of hydrogen-bond donors (Lipinski definition) is 2. The average Bonchev–Trinajstić information content (AvgIpc) is 2.71. The molecule has 2 amide bonds. The van der Waals surface area contributed by atoms with Gasteiger partial charge in [-0.3, -0.25) is 9.59 Å². The highest BCUT2D eigenvalue weighted by atomic mass is 35.5. The molecule has 0 radical (unpaired) electrons. The molecule has 148 valence electrons. The summed E-state index contributed by atoms with van der Waals surface area (Å²) < 4.78 is 5.84. The normalized spacial score (nSPS) is 15.4. The highest BCUT2D eigenvalue weighted by molar-refractivity contribution is 6.31. The molecule has 0 bridgehead atoms. The smallest absolute Gasteiger partial charge is 0.262 e. The summed E-state index contributed by atoms with van der Waals surface area (Å²) in [5, 5.41) is 6.36. The zero-order chi connectivity index (χ0) is 19.9. The molecule has 28 heavy (non-hydrogen) atoms. The van der Waals surface area contributed by atoms with E-state index in [0.717, 1.165) is 17.7 Å². The molecule has 0 spiro atoms. The number of benzene rings is 2. The van der Waals surface area contributed by atoms with Crippen molar-refractivity contribution in [3.8, 4) is 5.75 Å². The van der Waals surface area contributed by atoms with Crippen molar-refractivity contribution in [2.45, 2.75) is 26.0 Å². The molecule has 1 heterocycles. The standard InChI is InChI=1S/C21H24ClN3O3/c1-2-11-23-21(27)19-13-25(17-9-5-6-10-18(17)28-19)14-20(26)24-12-15-7-3-4-8-16(15)22/h3-10,19H,2,11-14H2,1H3,(H,23,27)(H,24,26)/t19-/m1/s1. The Labute approximate surface area is 169 Å². The molecule has 3 rings (SSSR count). The first-order chi connectivity index (χ1) is 13.6. The minimum Gasteiger partial charge on any atom is -0.477 e. The number of carbonyl (C=O) groups excluding carboxylic acids is 2. The Balaban J connectivity index is 1.66. The Hall–Kier alpha value is -2.73. The van der Waals surface area contributed by atoms with Crippen molar-refractivity contribution in [2.24, 2.45) is 0 Å². The third-order valence-corrected chi connectivity index (χ3v) is 4.84. The summed E-state index contributed by atoms with van der Waals surface area (Å²) in [6, 6.07) is 14.8. The van der Waals surface area contributed by atoms with E-state index < -0.39 is 6.10 Å². The van der Waals surface area contributed by atoms with Crippen molar-refractivity contribution in [2.75, 3.05) is 24.5 Å². The summed E-state index contributed by atoms with van der Waals surface area (Å²) in [5.41, 5.74) is 1.66. The van der Waals surface area contributed by atoms with Crippen LogP contribution in [-0.4, -0.2) is 37.6 Å². The van der Waals surface area contributed by atoms with Gasteiger partial charge in [0.15, 0.2) is 6.10 Å². The van der Waals surface area contributed by atoms with Crippen LogP contribution in [0.15, 0.2) is 48.5 Å². The molecule has 0 unspecified atom stereocenters. The van der Waals surface area contributed by atoms with Crippen LogP contribution >= 0.6 is 11.6 Å². The minimum absolute atomic E-state index is 0.127. The summed E-state index contributed by atoms with van der Waals surface area (Å²) >= 11 is 6.14. The molecule has 2 aromatic rings. The molecule has 1 aliphatic rings. The second kappa shape index (κ2) is 9.46. The van der Waals surface area contributed by atoms with Crippen LogP contribution in [0.3, 0.4) is 0 Å². The van der Waals surface area contributed by atoms with E-state index in [0.29, 0.717) is 30.4 Å². The third-order valence-electron chi connectivity index (χ3n) is 4.47. The van der Waals surface area contributed by atoms with Gasteiger partial charge in [0.25, 0.3) is 5.91 Å². The van der Waals surface area contributed by atoms with Gasteiger partial charge in [0, 0.05) is 18.1 Å². The van der Waals surface area contributed by atoms with Crippen molar-refractivity contribution in [1.29, 1.82) is 0 Å². The number of rotatable bonds is 7. The maximum atomic E-state index is 12.5. The van der Waals surface area contributed by atoms with Crippen LogP contribution in [0.1, 0.15) is 18.9 Å². The number of anilines is 1. The summed E-state index contributed by atoms with van der Waals surface area (Å²) in [5.74, 6) is 0.284. The third kappa shape index (κ3) is 4.95. The van der Waals surface area contributed by atoms with E-state index in [1.165, 1.54) is 0 Å². The highest BCUT2D eigenvalue weighted by Gasteiger charge is 2.31. The lowest BCUT2D eigenvalue weighted by molar-refractivity contribution is -0.128. The van der Waals surface area contributed by atoms with Crippen LogP contribution in [0.4, 0.5) is 5.69 Å². The maximum absolute atomic E-state index is 12.5. The number of halogens is 1. The van der Waals surface area contributed by atoms with Crippen molar-refractivity contribution in [3.63, 3.8) is 0 Å². The van der Waals surface area contributed by atoms with Crippen LogP contribution < -0.4 is 20.3 Å². The summed E-state index contributed by atoms with van der Waals surface area (Å²) in [6.07, 6.45) is 0.196. The van der Waals surface area contributed by atoms with Crippen LogP contribution in [-0.2, 0) is 16.1 Å². The lowest BCUT2D eigenvalue weighted by Crippen LogP contribution is -2.51.